The van der Waals surface area contributed by atoms with Gasteiger partial charge in [0.2, 0.25) is 0 Å². The lowest BCUT2D eigenvalue weighted by atomic mass is 9.90. The summed E-state index contributed by atoms with van der Waals surface area (Å²) in [6, 6.07) is 15.9. The number of aryl methyl sites for hydroxylation is 1. The van der Waals surface area contributed by atoms with Gasteiger partial charge in [0.25, 0.3) is 0 Å². The molecule has 0 atom stereocenters. The number of anilines is 1. The van der Waals surface area contributed by atoms with E-state index in [-0.39, 0.29) is 17.8 Å². The molecule has 5 rings (SSSR count). The molecule has 1 aromatic heterocycles. The Morgan fingerprint density at radius 3 is 2.26 bits per heavy atom. The molecule has 198 valence electrons. The van der Waals surface area contributed by atoms with E-state index in [4.69, 9.17) is 14.3 Å². The van der Waals surface area contributed by atoms with Gasteiger partial charge in [0.05, 0.1) is 12.1 Å². The molecule has 7 nitrogen and oxygen atoms in total. The highest BCUT2D eigenvalue weighted by Gasteiger charge is 2.47. The van der Waals surface area contributed by atoms with Gasteiger partial charge in [0, 0.05) is 50.6 Å². The van der Waals surface area contributed by atoms with Gasteiger partial charge >= 0.3 is 18.4 Å². The quantitative estimate of drug-likeness (QED) is 0.449. The van der Waals surface area contributed by atoms with Gasteiger partial charge in [-0.25, -0.2) is 4.79 Å². The zero-order valence-electron chi connectivity index (χ0n) is 20.7. The van der Waals surface area contributed by atoms with E-state index in [1.54, 1.807) is 23.4 Å². The third-order valence-electron chi connectivity index (χ3n) is 6.95. The van der Waals surface area contributed by atoms with Crippen molar-refractivity contribution in [2.24, 2.45) is 0 Å². The number of para-hydroxylation sites is 1. The first-order chi connectivity index (χ1) is 18.2. The highest BCUT2D eigenvalue weighted by Crippen LogP contribution is 2.39. The molecular formula is C28H26F3N3O4. The summed E-state index contributed by atoms with van der Waals surface area (Å²) in [5.74, 6) is 0. The average molecular weight is 526 g/mol. The van der Waals surface area contributed by atoms with Crippen LogP contribution in [0.15, 0.2) is 67.0 Å². The summed E-state index contributed by atoms with van der Waals surface area (Å²) >= 11 is 0. The van der Waals surface area contributed by atoms with Crippen LogP contribution in [0.25, 0.3) is 11.1 Å². The number of pyridine rings is 1. The van der Waals surface area contributed by atoms with Gasteiger partial charge in [-0.05, 0) is 59.5 Å². The SMILES string of the molecule is Cc1cc(-c2ccncc2)c(CN2CCC3(CC2)CN(c2ccccc2)C(=O)O3)cc1C(F)(F)F.O=C=O. The van der Waals surface area contributed by atoms with Crippen LogP contribution >= 0.6 is 0 Å². The van der Waals surface area contributed by atoms with Crippen molar-refractivity contribution in [3.05, 3.63) is 83.7 Å². The Kier molecular flexibility index (Phi) is 7.94. The summed E-state index contributed by atoms with van der Waals surface area (Å²) in [7, 11) is 0. The molecule has 2 fully saturated rings. The van der Waals surface area contributed by atoms with Gasteiger partial charge in [-0.1, -0.05) is 24.3 Å². The predicted molar refractivity (Wildman–Crippen MR) is 132 cm³/mol. The number of benzene rings is 2. The Balaban J connectivity index is 0.00000107. The second kappa shape index (κ2) is 11.2. The minimum atomic E-state index is -4.42. The van der Waals surface area contributed by atoms with Gasteiger partial charge in [-0.15, -0.1) is 0 Å². The van der Waals surface area contributed by atoms with Gasteiger partial charge in [-0.3, -0.25) is 14.8 Å². The molecule has 2 aliphatic rings. The van der Waals surface area contributed by atoms with E-state index in [0.29, 0.717) is 44.6 Å². The smallest absolute Gasteiger partial charge is 0.416 e. The standard InChI is InChI=1S/C27H26F3N3O2.CO2/c1-19-15-23(20-7-11-31-12-8-20)21(16-24(19)27(28,29)30)17-32-13-9-26(10-14-32)18-33(25(34)35-26)22-5-3-2-4-6-22;2-1-3/h2-8,11-12,15-16H,9-10,13-14,17-18H2,1H3;. The van der Waals surface area contributed by atoms with Crippen LogP contribution in [-0.2, 0) is 27.0 Å². The van der Waals surface area contributed by atoms with E-state index in [2.05, 4.69) is 9.88 Å². The van der Waals surface area contributed by atoms with Crippen molar-refractivity contribution in [1.29, 1.82) is 0 Å². The molecule has 2 aliphatic heterocycles. The van der Waals surface area contributed by atoms with E-state index in [1.165, 1.54) is 13.0 Å². The van der Waals surface area contributed by atoms with Crippen LogP contribution in [-0.4, -0.2) is 47.4 Å². The third-order valence-corrected chi connectivity index (χ3v) is 6.95. The Morgan fingerprint density at radius 2 is 1.66 bits per heavy atom. The molecule has 0 N–H and O–H groups in total. The lowest BCUT2D eigenvalue weighted by Gasteiger charge is -2.37. The van der Waals surface area contributed by atoms with Crippen LogP contribution in [0.3, 0.4) is 0 Å². The molecule has 10 heteroatoms. The minimum Gasteiger partial charge on any atom is -0.441 e. The van der Waals surface area contributed by atoms with E-state index >= 15 is 0 Å². The fourth-order valence-corrected chi connectivity index (χ4v) is 5.04. The molecule has 0 unspecified atom stereocenters. The summed E-state index contributed by atoms with van der Waals surface area (Å²) in [6.45, 7) is 3.61. The minimum absolute atomic E-state index is 0.199. The second-order valence-corrected chi connectivity index (χ2v) is 9.39. The normalized spacial score (nSPS) is 16.9. The van der Waals surface area contributed by atoms with E-state index < -0.39 is 17.3 Å². The number of halogens is 3. The second-order valence-electron chi connectivity index (χ2n) is 9.39. The summed E-state index contributed by atoms with van der Waals surface area (Å²) in [5, 5.41) is 0. The summed E-state index contributed by atoms with van der Waals surface area (Å²) in [5.41, 5.74) is 2.07. The van der Waals surface area contributed by atoms with Crippen molar-refractivity contribution < 1.29 is 32.3 Å². The van der Waals surface area contributed by atoms with Crippen molar-refractivity contribution in [1.82, 2.24) is 9.88 Å². The molecule has 1 amide bonds. The van der Waals surface area contributed by atoms with Crippen LogP contribution in [0, 0.1) is 6.92 Å². The Hall–Kier alpha value is -4.01. The Bertz CT molecular complexity index is 1300. The molecule has 2 saturated heterocycles. The number of amides is 1. The number of rotatable bonds is 4. The van der Waals surface area contributed by atoms with Crippen molar-refractivity contribution in [3.63, 3.8) is 0 Å². The van der Waals surface area contributed by atoms with Crippen LogP contribution < -0.4 is 4.90 Å². The third kappa shape index (κ3) is 5.93. The summed E-state index contributed by atoms with van der Waals surface area (Å²) in [6.07, 6.45) is 0.0291. The maximum absolute atomic E-state index is 13.7. The Morgan fingerprint density at radius 1 is 1.03 bits per heavy atom. The van der Waals surface area contributed by atoms with Crippen molar-refractivity contribution in [2.75, 3.05) is 24.5 Å². The van der Waals surface area contributed by atoms with Crippen LogP contribution in [0.4, 0.5) is 23.7 Å². The van der Waals surface area contributed by atoms with Crippen LogP contribution in [0.5, 0.6) is 0 Å². The largest absolute Gasteiger partial charge is 0.441 e. The molecule has 0 bridgehead atoms. The molecule has 0 radical (unpaired) electrons. The number of likely N-dealkylation sites (tertiary alicyclic amines) is 1. The first kappa shape index (κ1) is 27.0. The fraction of sp³-hybridized carbons (Fsp3) is 0.321. The molecule has 0 saturated carbocycles. The lowest BCUT2D eigenvalue weighted by Crippen LogP contribution is -2.46. The van der Waals surface area contributed by atoms with Crippen LogP contribution in [0.1, 0.15) is 29.5 Å². The number of ether oxygens (including phenoxy) is 1. The fourth-order valence-electron chi connectivity index (χ4n) is 5.04. The van der Waals surface area contributed by atoms with Crippen molar-refractivity contribution in [2.45, 2.75) is 38.1 Å². The maximum Gasteiger partial charge on any atom is 0.416 e. The van der Waals surface area contributed by atoms with Crippen LogP contribution in [0.2, 0.25) is 0 Å². The predicted octanol–water partition coefficient (Wildman–Crippen LogP) is 5.48. The van der Waals surface area contributed by atoms with Gasteiger partial charge in [-0.2, -0.15) is 22.8 Å². The summed E-state index contributed by atoms with van der Waals surface area (Å²) in [4.78, 5) is 36.6. The number of hydrogen-bond acceptors (Lipinski definition) is 6. The molecule has 2 aromatic carbocycles. The first-order valence-corrected chi connectivity index (χ1v) is 12.0. The molecule has 3 heterocycles. The highest BCUT2D eigenvalue weighted by molar-refractivity contribution is 5.90. The molecule has 3 aromatic rings. The molecule has 1 spiro atoms. The highest BCUT2D eigenvalue weighted by atomic mass is 19.4. The topological polar surface area (TPSA) is 79.8 Å². The van der Waals surface area contributed by atoms with E-state index in [9.17, 15) is 18.0 Å². The number of aromatic nitrogens is 1. The van der Waals surface area contributed by atoms with Gasteiger partial charge in [0.15, 0.2) is 0 Å². The zero-order chi connectivity index (χ0) is 27.3. The Labute approximate surface area is 217 Å². The maximum atomic E-state index is 13.7. The number of carbonyl (C=O) groups is 1. The van der Waals surface area contributed by atoms with E-state index in [1.807, 2.05) is 42.5 Å². The number of piperidine rings is 1. The van der Waals surface area contributed by atoms with Gasteiger partial charge < -0.3 is 4.74 Å². The number of carbonyl (C=O) groups excluding carboxylic acids is 3. The molecule has 0 aliphatic carbocycles. The molecular weight excluding hydrogens is 499 g/mol. The first-order valence-electron chi connectivity index (χ1n) is 12.0. The van der Waals surface area contributed by atoms with Crippen molar-refractivity contribution in [3.8, 4) is 11.1 Å². The zero-order valence-corrected chi connectivity index (χ0v) is 20.7. The van der Waals surface area contributed by atoms with Gasteiger partial charge in [0.1, 0.15) is 5.60 Å². The monoisotopic (exact) mass is 525 g/mol. The number of nitrogens with zero attached hydrogens (tertiary/aromatic N) is 3. The average Bonchev–Trinajstić information content (AvgIpc) is 3.22. The lowest BCUT2D eigenvalue weighted by molar-refractivity contribution is -0.191. The van der Waals surface area contributed by atoms with E-state index in [0.717, 1.165) is 16.8 Å². The number of hydrogen-bond donors (Lipinski definition) is 0. The van der Waals surface area contributed by atoms with Crippen molar-refractivity contribution >= 4 is 17.9 Å². The molecule has 38 heavy (non-hydrogen) atoms. The number of alkyl halides is 3. The summed E-state index contributed by atoms with van der Waals surface area (Å²) < 4.78 is 46.9.